The van der Waals surface area contributed by atoms with E-state index < -0.39 is 31.3 Å². The molecule has 1 aromatic heterocycles. The highest BCUT2D eigenvalue weighted by Gasteiger charge is 2.29. The first-order chi connectivity index (χ1) is 9.81. The molecule has 0 unspecified atom stereocenters. The van der Waals surface area contributed by atoms with E-state index >= 15 is 0 Å². The van der Waals surface area contributed by atoms with E-state index in [1.807, 2.05) is 0 Å². The average Bonchev–Trinajstić information content (AvgIpc) is 2.82. The summed E-state index contributed by atoms with van der Waals surface area (Å²) in [5.74, 6) is -0.647. The fraction of sp³-hybridized carbons (Fsp3) is 0.182. The predicted molar refractivity (Wildman–Crippen MR) is 68.3 cm³/mol. The van der Waals surface area contributed by atoms with Crippen molar-refractivity contribution in [1.29, 1.82) is 0 Å². The van der Waals surface area contributed by atoms with Gasteiger partial charge in [0.15, 0.2) is 4.90 Å². The van der Waals surface area contributed by atoms with Gasteiger partial charge in [-0.3, -0.25) is 10.1 Å². The highest BCUT2D eigenvalue weighted by Crippen LogP contribution is 2.26. The zero-order valence-electron chi connectivity index (χ0n) is 10.7. The minimum atomic E-state index is -4.28. The van der Waals surface area contributed by atoms with Gasteiger partial charge in [-0.2, -0.15) is 4.39 Å². The van der Waals surface area contributed by atoms with Gasteiger partial charge >= 0.3 is 5.69 Å². The molecule has 1 aromatic carbocycles. The molecule has 8 nitrogen and oxygen atoms in total. The molecule has 1 heterocycles. The number of aromatic nitrogens is 1. The molecular weight excluding hydrogens is 305 g/mol. The van der Waals surface area contributed by atoms with Gasteiger partial charge in [0.1, 0.15) is 5.76 Å². The molecule has 2 rings (SSSR count). The van der Waals surface area contributed by atoms with E-state index in [1.165, 1.54) is 6.20 Å². The zero-order valence-corrected chi connectivity index (χ0v) is 11.6. The fourth-order valence-corrected chi connectivity index (χ4v) is 2.76. The quantitative estimate of drug-likeness (QED) is 0.660. The first-order valence-corrected chi connectivity index (χ1v) is 7.13. The van der Waals surface area contributed by atoms with E-state index in [1.54, 1.807) is 6.92 Å². The summed E-state index contributed by atoms with van der Waals surface area (Å²) in [6.07, 6.45) is 1.40. The van der Waals surface area contributed by atoms with Crippen LogP contribution in [0.15, 0.2) is 33.7 Å². The van der Waals surface area contributed by atoms with E-state index in [-0.39, 0.29) is 12.4 Å². The molecule has 0 radical (unpaired) electrons. The van der Waals surface area contributed by atoms with Gasteiger partial charge in [-0.15, -0.1) is 0 Å². The van der Waals surface area contributed by atoms with Gasteiger partial charge in [-0.05, 0) is 19.1 Å². The molecule has 0 amide bonds. The lowest BCUT2D eigenvalue weighted by Crippen LogP contribution is -2.24. The molecule has 0 aliphatic carbocycles. The van der Waals surface area contributed by atoms with Crippen molar-refractivity contribution < 1.29 is 22.1 Å². The van der Waals surface area contributed by atoms with Crippen molar-refractivity contribution in [1.82, 2.24) is 9.71 Å². The Bertz CT molecular complexity index is 787. The summed E-state index contributed by atoms with van der Waals surface area (Å²) < 4.78 is 44.7. The predicted octanol–water partition coefficient (Wildman–Crippen LogP) is 1.51. The van der Waals surface area contributed by atoms with Gasteiger partial charge in [0.2, 0.25) is 21.7 Å². The monoisotopic (exact) mass is 315 g/mol. The van der Waals surface area contributed by atoms with Crippen molar-refractivity contribution in [3.63, 3.8) is 0 Å². The van der Waals surface area contributed by atoms with E-state index in [0.717, 1.165) is 18.2 Å². The van der Waals surface area contributed by atoms with Crippen LogP contribution in [0.1, 0.15) is 11.7 Å². The van der Waals surface area contributed by atoms with Crippen LogP contribution in [-0.2, 0) is 16.6 Å². The molecule has 21 heavy (non-hydrogen) atoms. The Hall–Kier alpha value is -2.33. The van der Waals surface area contributed by atoms with E-state index in [9.17, 15) is 22.9 Å². The lowest BCUT2D eigenvalue weighted by Gasteiger charge is -2.06. The maximum Gasteiger partial charge on any atom is 0.324 e. The number of para-hydroxylation sites is 1. The van der Waals surface area contributed by atoms with E-state index in [2.05, 4.69) is 9.71 Å². The summed E-state index contributed by atoms with van der Waals surface area (Å²) >= 11 is 0. The van der Waals surface area contributed by atoms with Crippen LogP contribution in [0.4, 0.5) is 10.1 Å². The molecule has 112 valence electrons. The molecule has 0 spiro atoms. The summed E-state index contributed by atoms with van der Waals surface area (Å²) in [6.45, 7) is 1.33. The molecular formula is C11H10FN3O5S. The van der Waals surface area contributed by atoms with Gasteiger partial charge in [0.05, 0.1) is 17.7 Å². The Balaban J connectivity index is 2.32. The number of benzene rings is 1. The molecule has 0 fully saturated rings. The lowest BCUT2D eigenvalue weighted by atomic mass is 10.3. The number of nitrogens with one attached hydrogen (secondary N) is 1. The number of hydrogen-bond donors (Lipinski definition) is 1. The van der Waals surface area contributed by atoms with Crippen LogP contribution < -0.4 is 4.72 Å². The topological polar surface area (TPSA) is 115 Å². The Morgan fingerprint density at radius 3 is 2.76 bits per heavy atom. The number of oxazole rings is 1. The summed E-state index contributed by atoms with van der Waals surface area (Å²) in [5, 5.41) is 10.8. The normalized spacial score (nSPS) is 11.5. The minimum absolute atomic E-state index is 0.0927. The number of hydrogen-bond acceptors (Lipinski definition) is 6. The molecule has 0 saturated carbocycles. The molecule has 2 aromatic rings. The van der Waals surface area contributed by atoms with Crippen molar-refractivity contribution in [2.24, 2.45) is 0 Å². The SMILES string of the molecule is Cc1cnc(CNS(=O)(=O)c2cccc(F)c2[N+](=O)[O-])o1. The Kier molecular flexibility index (Phi) is 4.00. The number of halogens is 1. The largest absolute Gasteiger partial charge is 0.445 e. The molecule has 1 N–H and O–H groups in total. The average molecular weight is 315 g/mol. The van der Waals surface area contributed by atoms with Gasteiger partial charge < -0.3 is 4.42 Å². The fourth-order valence-electron chi connectivity index (χ4n) is 1.61. The van der Waals surface area contributed by atoms with Gasteiger partial charge in [-0.1, -0.05) is 6.07 Å². The van der Waals surface area contributed by atoms with E-state index in [0.29, 0.717) is 5.76 Å². The van der Waals surface area contributed by atoms with Crippen molar-refractivity contribution >= 4 is 15.7 Å². The van der Waals surface area contributed by atoms with Crippen molar-refractivity contribution in [2.75, 3.05) is 0 Å². The number of nitrogens with zero attached hydrogens (tertiary/aromatic N) is 2. The Morgan fingerprint density at radius 1 is 1.48 bits per heavy atom. The second-order valence-corrected chi connectivity index (χ2v) is 5.77. The van der Waals surface area contributed by atoms with Crippen LogP contribution in [0.5, 0.6) is 0 Å². The zero-order chi connectivity index (χ0) is 15.6. The third-order valence-corrected chi connectivity index (χ3v) is 3.94. The van der Waals surface area contributed by atoms with Crippen LogP contribution in [0.2, 0.25) is 0 Å². The van der Waals surface area contributed by atoms with Gasteiger partial charge in [-0.25, -0.2) is 18.1 Å². The van der Waals surface area contributed by atoms with Crippen molar-refractivity contribution in [2.45, 2.75) is 18.4 Å². The summed E-state index contributed by atoms with van der Waals surface area (Å²) in [6, 6.07) is 2.84. The summed E-state index contributed by atoms with van der Waals surface area (Å²) in [7, 11) is -4.28. The molecule has 0 saturated heterocycles. The number of sulfonamides is 1. The van der Waals surface area contributed by atoms with Crippen LogP contribution >= 0.6 is 0 Å². The smallest absolute Gasteiger partial charge is 0.324 e. The molecule has 0 aliphatic rings. The first-order valence-electron chi connectivity index (χ1n) is 5.65. The third kappa shape index (κ3) is 3.23. The number of nitro groups is 1. The Labute approximate surface area is 118 Å². The molecule has 0 aliphatic heterocycles. The molecule has 0 bridgehead atoms. The number of rotatable bonds is 5. The van der Waals surface area contributed by atoms with Crippen LogP contribution in [0.25, 0.3) is 0 Å². The van der Waals surface area contributed by atoms with Gasteiger partial charge in [0.25, 0.3) is 0 Å². The lowest BCUT2D eigenvalue weighted by molar-refractivity contribution is -0.390. The third-order valence-electron chi connectivity index (χ3n) is 2.50. The van der Waals surface area contributed by atoms with Crippen LogP contribution in [-0.4, -0.2) is 18.3 Å². The first kappa shape index (κ1) is 15.1. The van der Waals surface area contributed by atoms with Gasteiger partial charge in [0, 0.05) is 0 Å². The summed E-state index contributed by atoms with van der Waals surface area (Å²) in [5.41, 5.74) is -1.10. The standard InChI is InChI=1S/C11H10FN3O5S/c1-7-5-13-10(20-7)6-14-21(18,19)9-4-2-3-8(12)11(9)15(16)17/h2-5,14H,6H2,1H3. The summed E-state index contributed by atoms with van der Waals surface area (Å²) in [4.78, 5) is 12.8. The highest BCUT2D eigenvalue weighted by atomic mass is 32.2. The highest BCUT2D eigenvalue weighted by molar-refractivity contribution is 7.89. The molecule has 0 atom stereocenters. The minimum Gasteiger partial charge on any atom is -0.445 e. The maximum atomic E-state index is 13.4. The number of aryl methyl sites for hydroxylation is 1. The van der Waals surface area contributed by atoms with Crippen LogP contribution in [0, 0.1) is 22.9 Å². The molecule has 10 heteroatoms. The second kappa shape index (κ2) is 5.58. The van der Waals surface area contributed by atoms with E-state index in [4.69, 9.17) is 4.42 Å². The second-order valence-electron chi connectivity index (χ2n) is 4.03. The maximum absolute atomic E-state index is 13.4. The number of nitro benzene ring substituents is 1. The van der Waals surface area contributed by atoms with Crippen molar-refractivity contribution in [3.05, 3.63) is 52.0 Å². The van der Waals surface area contributed by atoms with Crippen molar-refractivity contribution in [3.8, 4) is 0 Å². The Morgan fingerprint density at radius 2 is 2.19 bits per heavy atom. The van der Waals surface area contributed by atoms with Crippen LogP contribution in [0.3, 0.4) is 0 Å².